The summed E-state index contributed by atoms with van der Waals surface area (Å²) >= 11 is 0. The molecule has 1 N–H and O–H groups in total. The lowest BCUT2D eigenvalue weighted by molar-refractivity contribution is 0.0760. The van der Waals surface area contributed by atoms with Gasteiger partial charge in [0.05, 0.1) is 26.4 Å². The van der Waals surface area contributed by atoms with Gasteiger partial charge in [0.2, 0.25) is 0 Å². The topological polar surface area (TPSA) is 30.5 Å². The maximum absolute atomic E-state index is 13.0. The predicted octanol–water partition coefficient (Wildman–Crippen LogP) is 1.50. The molecular weight excluding hydrogens is 197 g/mol. The molecule has 0 amide bonds. The Morgan fingerprint density at radius 1 is 1.53 bits per heavy atom. The van der Waals surface area contributed by atoms with Crippen molar-refractivity contribution in [2.45, 2.75) is 6.04 Å². The number of benzene rings is 1. The molecule has 0 saturated carbocycles. The molecule has 1 aliphatic heterocycles. The van der Waals surface area contributed by atoms with Gasteiger partial charge < -0.3 is 14.8 Å². The standard InChI is InChI=1S/C11H14FNO2/c1-14-11-6-8(12)2-3-9(11)10-7-15-5-4-13-10/h2-3,6,10,13H,4-5,7H2,1H3/t10-/m1/s1. The van der Waals surface area contributed by atoms with Crippen LogP contribution in [0.15, 0.2) is 18.2 Å². The van der Waals surface area contributed by atoms with Crippen LogP contribution in [0.5, 0.6) is 5.75 Å². The Labute approximate surface area is 88.2 Å². The summed E-state index contributed by atoms with van der Waals surface area (Å²) in [6.45, 7) is 2.13. The lowest BCUT2D eigenvalue weighted by atomic mass is 10.1. The summed E-state index contributed by atoms with van der Waals surface area (Å²) in [6, 6.07) is 4.66. The van der Waals surface area contributed by atoms with E-state index in [1.54, 1.807) is 13.2 Å². The molecule has 1 atom stereocenters. The zero-order valence-electron chi connectivity index (χ0n) is 8.63. The number of hydrogen-bond donors (Lipinski definition) is 1. The third kappa shape index (κ3) is 2.27. The molecule has 0 radical (unpaired) electrons. The van der Waals surface area contributed by atoms with Gasteiger partial charge in [0.25, 0.3) is 0 Å². The monoisotopic (exact) mass is 211 g/mol. The number of halogens is 1. The number of rotatable bonds is 2. The minimum atomic E-state index is -0.285. The fourth-order valence-corrected chi connectivity index (χ4v) is 1.74. The van der Waals surface area contributed by atoms with E-state index in [2.05, 4.69) is 5.32 Å². The average Bonchev–Trinajstić information content (AvgIpc) is 2.30. The molecule has 1 aromatic carbocycles. The lowest BCUT2D eigenvalue weighted by Crippen LogP contribution is -2.34. The molecule has 0 bridgehead atoms. The smallest absolute Gasteiger partial charge is 0.126 e. The van der Waals surface area contributed by atoms with Gasteiger partial charge in [-0.15, -0.1) is 0 Å². The fourth-order valence-electron chi connectivity index (χ4n) is 1.74. The quantitative estimate of drug-likeness (QED) is 0.804. The van der Waals surface area contributed by atoms with Gasteiger partial charge in [0, 0.05) is 18.2 Å². The van der Waals surface area contributed by atoms with Crippen LogP contribution in [0.2, 0.25) is 0 Å². The molecule has 4 heteroatoms. The maximum atomic E-state index is 13.0. The van der Waals surface area contributed by atoms with Crippen molar-refractivity contribution in [3.63, 3.8) is 0 Å². The van der Waals surface area contributed by atoms with Crippen LogP contribution in [-0.4, -0.2) is 26.9 Å². The van der Waals surface area contributed by atoms with Gasteiger partial charge in [0.1, 0.15) is 11.6 Å². The van der Waals surface area contributed by atoms with Crippen molar-refractivity contribution in [3.05, 3.63) is 29.6 Å². The summed E-state index contributed by atoms with van der Waals surface area (Å²) < 4.78 is 23.5. The second kappa shape index (κ2) is 4.59. The molecule has 0 aromatic heterocycles. The summed E-state index contributed by atoms with van der Waals surface area (Å²) in [5, 5.41) is 3.30. The fraction of sp³-hybridized carbons (Fsp3) is 0.455. The van der Waals surface area contributed by atoms with E-state index in [0.717, 1.165) is 18.7 Å². The van der Waals surface area contributed by atoms with Crippen molar-refractivity contribution in [1.82, 2.24) is 5.32 Å². The van der Waals surface area contributed by atoms with Gasteiger partial charge in [-0.05, 0) is 6.07 Å². The first-order valence-electron chi connectivity index (χ1n) is 4.96. The molecule has 0 spiro atoms. The van der Waals surface area contributed by atoms with Crippen molar-refractivity contribution in [3.8, 4) is 5.75 Å². The Kier molecular flexibility index (Phi) is 3.18. The number of nitrogens with one attached hydrogen (secondary N) is 1. The van der Waals surface area contributed by atoms with Crippen LogP contribution in [0.4, 0.5) is 4.39 Å². The van der Waals surface area contributed by atoms with Crippen LogP contribution < -0.4 is 10.1 Å². The average molecular weight is 211 g/mol. The Hall–Kier alpha value is -1.13. The Balaban J connectivity index is 2.25. The normalized spacial score (nSPS) is 21.3. The van der Waals surface area contributed by atoms with Crippen molar-refractivity contribution in [2.24, 2.45) is 0 Å². The SMILES string of the molecule is COc1cc(F)ccc1[C@H]1COCCN1. The van der Waals surface area contributed by atoms with Crippen molar-refractivity contribution in [2.75, 3.05) is 26.9 Å². The molecule has 1 fully saturated rings. The maximum Gasteiger partial charge on any atom is 0.126 e. The van der Waals surface area contributed by atoms with Crippen LogP contribution in [0, 0.1) is 5.82 Å². The molecule has 1 saturated heterocycles. The molecule has 1 heterocycles. The first-order chi connectivity index (χ1) is 7.31. The first kappa shape index (κ1) is 10.4. The summed E-state index contributed by atoms with van der Waals surface area (Å²) in [5.41, 5.74) is 0.943. The molecule has 82 valence electrons. The van der Waals surface area contributed by atoms with Gasteiger partial charge in [0.15, 0.2) is 0 Å². The van der Waals surface area contributed by atoms with E-state index >= 15 is 0 Å². The van der Waals surface area contributed by atoms with Crippen molar-refractivity contribution in [1.29, 1.82) is 0 Å². The van der Waals surface area contributed by atoms with E-state index < -0.39 is 0 Å². The van der Waals surface area contributed by atoms with E-state index in [9.17, 15) is 4.39 Å². The van der Waals surface area contributed by atoms with Crippen LogP contribution in [0.25, 0.3) is 0 Å². The summed E-state index contributed by atoms with van der Waals surface area (Å²) in [6.07, 6.45) is 0. The molecule has 1 aromatic rings. The number of methoxy groups -OCH3 is 1. The second-order valence-corrected chi connectivity index (χ2v) is 3.47. The number of morpholine rings is 1. The van der Waals surface area contributed by atoms with Crippen LogP contribution in [-0.2, 0) is 4.74 Å². The minimum absolute atomic E-state index is 0.0919. The molecule has 3 nitrogen and oxygen atoms in total. The van der Waals surface area contributed by atoms with E-state index in [4.69, 9.17) is 9.47 Å². The van der Waals surface area contributed by atoms with E-state index in [0.29, 0.717) is 12.4 Å². The largest absolute Gasteiger partial charge is 0.496 e. The number of ether oxygens (including phenoxy) is 2. The Bertz CT molecular complexity index is 337. The highest BCUT2D eigenvalue weighted by Gasteiger charge is 2.19. The molecule has 0 aliphatic carbocycles. The summed E-state index contributed by atoms with van der Waals surface area (Å²) in [4.78, 5) is 0. The van der Waals surface area contributed by atoms with E-state index in [-0.39, 0.29) is 11.9 Å². The molecule has 15 heavy (non-hydrogen) atoms. The zero-order valence-corrected chi connectivity index (χ0v) is 8.63. The lowest BCUT2D eigenvalue weighted by Gasteiger charge is -2.25. The number of hydrogen-bond acceptors (Lipinski definition) is 3. The summed E-state index contributed by atoms with van der Waals surface area (Å²) in [7, 11) is 1.54. The van der Waals surface area contributed by atoms with Crippen LogP contribution >= 0.6 is 0 Å². The van der Waals surface area contributed by atoms with Crippen LogP contribution in [0.3, 0.4) is 0 Å². The Morgan fingerprint density at radius 2 is 2.40 bits per heavy atom. The minimum Gasteiger partial charge on any atom is -0.496 e. The van der Waals surface area contributed by atoms with Gasteiger partial charge in [-0.2, -0.15) is 0 Å². The van der Waals surface area contributed by atoms with Crippen LogP contribution in [0.1, 0.15) is 11.6 Å². The van der Waals surface area contributed by atoms with Gasteiger partial charge in [-0.1, -0.05) is 6.07 Å². The van der Waals surface area contributed by atoms with Gasteiger partial charge in [-0.3, -0.25) is 0 Å². The molecule has 0 unspecified atom stereocenters. The molecule has 2 rings (SSSR count). The third-order valence-corrected chi connectivity index (χ3v) is 2.49. The predicted molar refractivity (Wildman–Crippen MR) is 54.5 cm³/mol. The van der Waals surface area contributed by atoms with Crippen molar-refractivity contribution >= 4 is 0 Å². The highest BCUT2D eigenvalue weighted by molar-refractivity contribution is 5.36. The van der Waals surface area contributed by atoms with E-state index in [1.807, 2.05) is 0 Å². The van der Waals surface area contributed by atoms with Gasteiger partial charge in [-0.25, -0.2) is 4.39 Å². The summed E-state index contributed by atoms with van der Waals surface area (Å²) in [5.74, 6) is 0.283. The van der Waals surface area contributed by atoms with Crippen molar-refractivity contribution < 1.29 is 13.9 Å². The Morgan fingerprint density at radius 3 is 3.07 bits per heavy atom. The van der Waals surface area contributed by atoms with Gasteiger partial charge >= 0.3 is 0 Å². The first-order valence-corrected chi connectivity index (χ1v) is 4.96. The highest BCUT2D eigenvalue weighted by Crippen LogP contribution is 2.27. The zero-order chi connectivity index (χ0) is 10.7. The van der Waals surface area contributed by atoms with E-state index in [1.165, 1.54) is 12.1 Å². The highest BCUT2D eigenvalue weighted by atomic mass is 19.1. The second-order valence-electron chi connectivity index (χ2n) is 3.47. The molecule has 1 aliphatic rings. The third-order valence-electron chi connectivity index (χ3n) is 2.49. The molecular formula is C11H14FNO2.